The maximum Gasteiger partial charge on any atom is 0.325 e. The van der Waals surface area contributed by atoms with Gasteiger partial charge in [0.05, 0.1) is 13.7 Å². The van der Waals surface area contributed by atoms with E-state index in [9.17, 15) is 14.4 Å². The minimum absolute atomic E-state index is 0.0570. The normalized spacial score (nSPS) is 23.2. The molecule has 4 amide bonds. The van der Waals surface area contributed by atoms with E-state index in [1.165, 1.54) is 0 Å². The zero-order valence-electron chi connectivity index (χ0n) is 17.8. The van der Waals surface area contributed by atoms with Gasteiger partial charge in [-0.3, -0.25) is 14.5 Å². The second-order valence-corrected chi connectivity index (χ2v) is 9.23. The van der Waals surface area contributed by atoms with Crippen molar-refractivity contribution in [2.75, 3.05) is 18.6 Å². The Kier molecular flexibility index (Phi) is 6.00. The molecule has 1 N–H and O–H groups in total. The summed E-state index contributed by atoms with van der Waals surface area (Å²) < 4.78 is 5.22. The number of ether oxygens (including phenoxy) is 1. The molecule has 0 bridgehead atoms. The molecule has 1 saturated heterocycles. The second kappa shape index (κ2) is 8.70. The van der Waals surface area contributed by atoms with E-state index in [2.05, 4.69) is 5.32 Å². The number of amides is 4. The zero-order valence-corrected chi connectivity index (χ0v) is 18.6. The molecule has 31 heavy (non-hydrogen) atoms. The van der Waals surface area contributed by atoms with Crippen LogP contribution in [-0.4, -0.2) is 41.9 Å². The Hall–Kier alpha value is -2.87. The molecule has 2 aromatic rings. The van der Waals surface area contributed by atoms with Gasteiger partial charge in [0.1, 0.15) is 17.8 Å². The summed E-state index contributed by atoms with van der Waals surface area (Å²) in [6, 6.07) is 10.6. The van der Waals surface area contributed by atoms with Crippen LogP contribution in [0.15, 0.2) is 41.8 Å². The van der Waals surface area contributed by atoms with E-state index >= 15 is 0 Å². The summed E-state index contributed by atoms with van der Waals surface area (Å²) in [5.74, 6) is 0.169. The summed E-state index contributed by atoms with van der Waals surface area (Å²) in [7, 11) is 1.59. The van der Waals surface area contributed by atoms with Gasteiger partial charge in [-0.25, -0.2) is 4.79 Å². The molecular formula is C23H27N3O4S. The second-order valence-electron chi connectivity index (χ2n) is 8.20. The van der Waals surface area contributed by atoms with Gasteiger partial charge in [-0.1, -0.05) is 25.8 Å². The van der Waals surface area contributed by atoms with Crippen molar-refractivity contribution in [2.45, 2.75) is 44.7 Å². The highest BCUT2D eigenvalue weighted by Gasteiger charge is 2.55. The summed E-state index contributed by atoms with van der Waals surface area (Å²) in [6.45, 7) is 2.09. The predicted octanol–water partition coefficient (Wildman–Crippen LogP) is 3.79. The van der Waals surface area contributed by atoms with Gasteiger partial charge in [-0.15, -0.1) is 11.3 Å². The average Bonchev–Trinajstić information content (AvgIpc) is 3.37. The molecule has 1 aromatic carbocycles. The predicted molar refractivity (Wildman–Crippen MR) is 119 cm³/mol. The van der Waals surface area contributed by atoms with Crippen molar-refractivity contribution in [3.05, 3.63) is 46.7 Å². The quantitative estimate of drug-likeness (QED) is 0.692. The summed E-state index contributed by atoms with van der Waals surface area (Å²) in [5, 5.41) is 4.87. The van der Waals surface area contributed by atoms with Gasteiger partial charge in [0.2, 0.25) is 5.91 Å². The van der Waals surface area contributed by atoms with Gasteiger partial charge in [-0.2, -0.15) is 0 Å². The molecule has 4 rings (SSSR count). The van der Waals surface area contributed by atoms with Crippen LogP contribution in [0.5, 0.6) is 5.75 Å². The Bertz CT molecular complexity index is 960. The van der Waals surface area contributed by atoms with Crippen LogP contribution in [0.1, 0.15) is 37.5 Å². The van der Waals surface area contributed by atoms with Crippen LogP contribution in [0.4, 0.5) is 10.5 Å². The molecule has 1 spiro atoms. The van der Waals surface area contributed by atoms with Crippen LogP contribution >= 0.6 is 11.3 Å². The first kappa shape index (κ1) is 21.4. The van der Waals surface area contributed by atoms with Crippen LogP contribution in [-0.2, 0) is 16.1 Å². The van der Waals surface area contributed by atoms with Crippen molar-refractivity contribution in [1.82, 2.24) is 10.2 Å². The maximum atomic E-state index is 13.3. The van der Waals surface area contributed by atoms with Crippen molar-refractivity contribution in [3.8, 4) is 5.75 Å². The number of carbonyl (C=O) groups is 3. The van der Waals surface area contributed by atoms with Crippen molar-refractivity contribution in [3.63, 3.8) is 0 Å². The van der Waals surface area contributed by atoms with E-state index in [0.717, 1.165) is 29.0 Å². The Labute approximate surface area is 186 Å². The number of urea groups is 1. The number of hydrogen-bond acceptors (Lipinski definition) is 5. The van der Waals surface area contributed by atoms with Crippen LogP contribution in [0, 0.1) is 5.92 Å². The summed E-state index contributed by atoms with van der Waals surface area (Å²) in [6.07, 6.45) is 3.47. The molecule has 0 unspecified atom stereocenters. The lowest BCUT2D eigenvalue weighted by Crippen LogP contribution is -2.54. The first-order chi connectivity index (χ1) is 14.9. The van der Waals surface area contributed by atoms with Gasteiger partial charge in [0.15, 0.2) is 0 Å². The lowest BCUT2D eigenvalue weighted by molar-refractivity contribution is -0.136. The largest absolute Gasteiger partial charge is 0.497 e. The molecule has 0 radical (unpaired) electrons. The molecular weight excluding hydrogens is 414 g/mol. The number of nitrogens with one attached hydrogen (secondary N) is 1. The lowest BCUT2D eigenvalue weighted by Gasteiger charge is -2.36. The molecule has 7 nitrogen and oxygen atoms in total. The summed E-state index contributed by atoms with van der Waals surface area (Å²) in [5.41, 5.74) is -0.180. The Morgan fingerprint density at radius 3 is 2.68 bits per heavy atom. The molecule has 1 aliphatic heterocycles. The van der Waals surface area contributed by atoms with Crippen molar-refractivity contribution >= 4 is 34.9 Å². The minimum atomic E-state index is -0.867. The Morgan fingerprint density at radius 2 is 2.03 bits per heavy atom. The Balaban J connectivity index is 1.56. The SMILES string of the molecule is COc1ccc(N(Cc2cccs2)C(=O)CN2C(=O)N[C@@]3(CCCC[C@H]3C)C2=O)cc1. The molecule has 2 aliphatic rings. The number of hydrogen-bond donors (Lipinski definition) is 1. The fourth-order valence-electron chi connectivity index (χ4n) is 4.50. The van der Waals surface area contributed by atoms with E-state index < -0.39 is 11.6 Å². The Morgan fingerprint density at radius 1 is 1.26 bits per heavy atom. The van der Waals surface area contributed by atoms with Crippen LogP contribution in [0.2, 0.25) is 0 Å². The first-order valence-electron chi connectivity index (χ1n) is 10.6. The first-order valence-corrected chi connectivity index (χ1v) is 11.4. The summed E-state index contributed by atoms with van der Waals surface area (Å²) in [4.78, 5) is 43.0. The lowest BCUT2D eigenvalue weighted by atomic mass is 9.73. The minimum Gasteiger partial charge on any atom is -0.497 e. The highest BCUT2D eigenvalue weighted by molar-refractivity contribution is 7.09. The fraction of sp³-hybridized carbons (Fsp3) is 0.435. The van der Waals surface area contributed by atoms with Gasteiger partial charge < -0.3 is 15.0 Å². The molecule has 2 atom stereocenters. The van der Waals surface area contributed by atoms with E-state index in [-0.39, 0.29) is 24.3 Å². The van der Waals surface area contributed by atoms with Gasteiger partial charge in [0.25, 0.3) is 5.91 Å². The molecule has 2 heterocycles. The average molecular weight is 442 g/mol. The third-order valence-electron chi connectivity index (χ3n) is 6.37. The van der Waals surface area contributed by atoms with E-state index in [1.54, 1.807) is 47.6 Å². The molecule has 164 valence electrons. The third-order valence-corrected chi connectivity index (χ3v) is 7.24. The van der Waals surface area contributed by atoms with Crippen molar-refractivity contribution in [2.24, 2.45) is 5.92 Å². The highest BCUT2D eigenvalue weighted by atomic mass is 32.1. The van der Waals surface area contributed by atoms with E-state index in [0.29, 0.717) is 24.4 Å². The molecule has 1 aromatic heterocycles. The van der Waals surface area contributed by atoms with Crippen molar-refractivity contribution < 1.29 is 19.1 Å². The standard InChI is InChI=1S/C23H27N3O4S/c1-16-6-3-4-12-23(16)21(28)26(22(29)24-23)15-20(27)25(14-19-7-5-13-31-19)17-8-10-18(30-2)11-9-17/h5,7-11,13,16H,3-4,6,12,14-15H2,1-2H3,(H,24,29)/t16-,23-/m1/s1. The highest BCUT2D eigenvalue weighted by Crippen LogP contribution is 2.38. The number of carbonyl (C=O) groups excluding carboxylic acids is 3. The van der Waals surface area contributed by atoms with E-state index in [4.69, 9.17) is 4.74 Å². The van der Waals surface area contributed by atoms with Gasteiger partial charge in [-0.05, 0) is 54.5 Å². The topological polar surface area (TPSA) is 79.0 Å². The molecule has 8 heteroatoms. The van der Waals surface area contributed by atoms with E-state index in [1.807, 2.05) is 24.4 Å². The third kappa shape index (κ3) is 4.04. The van der Waals surface area contributed by atoms with Crippen LogP contribution in [0.25, 0.3) is 0 Å². The maximum absolute atomic E-state index is 13.3. The van der Waals surface area contributed by atoms with Crippen LogP contribution in [0.3, 0.4) is 0 Å². The number of rotatable bonds is 6. The monoisotopic (exact) mass is 441 g/mol. The van der Waals surface area contributed by atoms with Gasteiger partial charge in [0, 0.05) is 10.6 Å². The fourth-order valence-corrected chi connectivity index (χ4v) is 5.20. The molecule has 2 fully saturated rings. The van der Waals surface area contributed by atoms with Crippen molar-refractivity contribution in [1.29, 1.82) is 0 Å². The van der Waals surface area contributed by atoms with Crippen LogP contribution < -0.4 is 15.0 Å². The molecule has 1 saturated carbocycles. The number of benzene rings is 1. The number of anilines is 1. The number of thiophene rings is 1. The number of nitrogens with zero attached hydrogens (tertiary/aromatic N) is 2. The summed E-state index contributed by atoms with van der Waals surface area (Å²) >= 11 is 1.55. The van der Waals surface area contributed by atoms with Gasteiger partial charge >= 0.3 is 6.03 Å². The zero-order chi connectivity index (χ0) is 22.0. The number of imide groups is 1. The number of methoxy groups -OCH3 is 1. The molecule has 1 aliphatic carbocycles. The smallest absolute Gasteiger partial charge is 0.325 e.